The summed E-state index contributed by atoms with van der Waals surface area (Å²) in [6, 6.07) is 12.6. The number of nitrogens with zero attached hydrogens (tertiary/aromatic N) is 4. The molecule has 4 aromatic rings. The van der Waals surface area contributed by atoms with E-state index in [0.717, 1.165) is 40.8 Å². The van der Waals surface area contributed by atoms with E-state index in [1.807, 2.05) is 34.8 Å². The molecule has 7 rings (SSSR count). The average molecular weight is 490 g/mol. The molecule has 2 aromatic heterocycles. The molecular formula is C28H28B2N4O3. The van der Waals surface area contributed by atoms with E-state index in [1.54, 1.807) is 13.3 Å². The van der Waals surface area contributed by atoms with Gasteiger partial charge in [0.2, 0.25) is 0 Å². The number of hydrogen-bond donors (Lipinski definition) is 0. The molecule has 1 aliphatic carbocycles. The molecule has 0 spiro atoms. The fraction of sp³-hybridized carbons (Fsp3) is 0.321. The van der Waals surface area contributed by atoms with Crippen molar-refractivity contribution < 1.29 is 14.3 Å². The summed E-state index contributed by atoms with van der Waals surface area (Å²) < 4.78 is 13.0. The average Bonchev–Trinajstić information content (AvgIpc) is 3.63. The molecule has 9 heteroatoms. The molecule has 0 bridgehead atoms. The number of carbonyl (C=O) groups excluding carboxylic acids is 1. The van der Waals surface area contributed by atoms with Gasteiger partial charge in [0.25, 0.3) is 5.91 Å². The van der Waals surface area contributed by atoms with Crippen molar-refractivity contribution in [2.24, 2.45) is 7.05 Å². The second-order valence-electron chi connectivity index (χ2n) is 10.7. The Hall–Kier alpha value is -3.58. The second kappa shape index (κ2) is 8.21. The first kappa shape index (κ1) is 22.6. The van der Waals surface area contributed by atoms with Crippen LogP contribution in [0.15, 0.2) is 48.8 Å². The summed E-state index contributed by atoms with van der Waals surface area (Å²) in [5.41, 5.74) is 8.89. The van der Waals surface area contributed by atoms with Crippen LogP contribution in [0, 0.1) is 0 Å². The number of rotatable bonds is 6. The van der Waals surface area contributed by atoms with Gasteiger partial charge in [-0.3, -0.25) is 14.5 Å². The summed E-state index contributed by atoms with van der Waals surface area (Å²) >= 11 is 0. The molecule has 4 heterocycles. The molecule has 3 aliphatic rings. The quantitative estimate of drug-likeness (QED) is 0.306. The van der Waals surface area contributed by atoms with Crippen LogP contribution in [0.5, 0.6) is 5.75 Å². The third-order valence-electron chi connectivity index (χ3n) is 8.24. The fourth-order valence-corrected chi connectivity index (χ4v) is 6.28. The highest BCUT2D eigenvalue weighted by Gasteiger charge is 2.51. The van der Waals surface area contributed by atoms with Crippen LogP contribution in [0.4, 0.5) is 0 Å². The Kier molecular flexibility index (Phi) is 5.02. The third-order valence-corrected chi connectivity index (χ3v) is 8.24. The standard InChI is InChI=1S/C28H28B2N4O3/c1-33-14-22-18(7-8-24(25(22)32-33)37-11-10-36-2)17-12-20(16-5-6-16)21-15-34-27(35)19-4-3-9-31-26(19)28(34,29)30-23(21)13-17/h3-4,7-9,12-14,16,30H,5-6,10-11,15,29H2,1-2H3. The maximum atomic E-state index is 13.4. The van der Waals surface area contributed by atoms with Crippen molar-refractivity contribution in [3.63, 3.8) is 0 Å². The number of hydrogen-bond acceptors (Lipinski definition) is 5. The Bertz CT molecular complexity index is 1580. The zero-order chi connectivity index (χ0) is 25.3. The summed E-state index contributed by atoms with van der Waals surface area (Å²) in [6.07, 6.45) is 6.29. The molecule has 1 unspecified atom stereocenters. The van der Waals surface area contributed by atoms with Gasteiger partial charge in [0.05, 0.1) is 17.9 Å². The summed E-state index contributed by atoms with van der Waals surface area (Å²) in [5.74, 6) is 1.44. The highest BCUT2D eigenvalue weighted by atomic mass is 16.5. The van der Waals surface area contributed by atoms with E-state index in [-0.39, 0.29) is 5.91 Å². The Morgan fingerprint density at radius 3 is 2.86 bits per heavy atom. The van der Waals surface area contributed by atoms with Crippen LogP contribution in [0.1, 0.15) is 45.9 Å². The van der Waals surface area contributed by atoms with Gasteiger partial charge in [0, 0.05) is 43.8 Å². The molecule has 0 radical (unpaired) electrons. The molecule has 7 nitrogen and oxygen atoms in total. The number of carbonyl (C=O) groups is 1. The van der Waals surface area contributed by atoms with Gasteiger partial charge in [-0.2, -0.15) is 5.10 Å². The lowest BCUT2D eigenvalue weighted by molar-refractivity contribution is 0.0725. The molecule has 1 saturated carbocycles. The maximum Gasteiger partial charge on any atom is 0.255 e. The van der Waals surface area contributed by atoms with Gasteiger partial charge in [0.1, 0.15) is 25.7 Å². The smallest absolute Gasteiger partial charge is 0.255 e. The number of amides is 1. The third kappa shape index (κ3) is 3.44. The molecular weight excluding hydrogens is 462 g/mol. The van der Waals surface area contributed by atoms with Gasteiger partial charge >= 0.3 is 0 Å². The van der Waals surface area contributed by atoms with Crippen molar-refractivity contribution in [3.8, 4) is 16.9 Å². The van der Waals surface area contributed by atoms with Gasteiger partial charge in [-0.15, -0.1) is 0 Å². The predicted octanol–water partition coefficient (Wildman–Crippen LogP) is 2.01. The number of methoxy groups -OCH3 is 1. The maximum absolute atomic E-state index is 13.4. The van der Waals surface area contributed by atoms with E-state index >= 15 is 0 Å². The van der Waals surface area contributed by atoms with Gasteiger partial charge in [-0.25, -0.2) is 0 Å². The number of pyridine rings is 1. The first-order chi connectivity index (χ1) is 18.0. The monoisotopic (exact) mass is 490 g/mol. The largest absolute Gasteiger partial charge is 0.489 e. The van der Waals surface area contributed by atoms with E-state index < -0.39 is 5.34 Å². The normalized spacial score (nSPS) is 19.9. The first-order valence-electron chi connectivity index (χ1n) is 13.0. The van der Waals surface area contributed by atoms with Crippen molar-refractivity contribution in [2.45, 2.75) is 30.6 Å². The van der Waals surface area contributed by atoms with Crippen LogP contribution >= 0.6 is 0 Å². The lowest BCUT2D eigenvalue weighted by Gasteiger charge is -2.41. The predicted molar refractivity (Wildman–Crippen MR) is 147 cm³/mol. The molecule has 37 heavy (non-hydrogen) atoms. The van der Waals surface area contributed by atoms with E-state index in [4.69, 9.17) is 14.6 Å². The number of aromatic nitrogens is 3. The van der Waals surface area contributed by atoms with Crippen LogP contribution in [-0.4, -0.2) is 61.0 Å². The van der Waals surface area contributed by atoms with E-state index in [2.05, 4.69) is 37.2 Å². The van der Waals surface area contributed by atoms with Crippen molar-refractivity contribution >= 4 is 37.4 Å². The topological polar surface area (TPSA) is 69.5 Å². The molecule has 1 atom stereocenters. The molecule has 0 N–H and O–H groups in total. The lowest BCUT2D eigenvalue weighted by atomic mass is 9.41. The summed E-state index contributed by atoms with van der Waals surface area (Å²) in [7, 11) is 6.55. The van der Waals surface area contributed by atoms with Crippen molar-refractivity contribution in [2.75, 3.05) is 20.3 Å². The van der Waals surface area contributed by atoms with Crippen LogP contribution in [0.25, 0.3) is 22.0 Å². The number of benzene rings is 2. The number of fused-ring (bicyclic) bond motifs is 5. The van der Waals surface area contributed by atoms with Gasteiger partial charge in [0.15, 0.2) is 7.28 Å². The highest BCUT2D eigenvalue weighted by Crippen LogP contribution is 2.46. The van der Waals surface area contributed by atoms with E-state index in [0.29, 0.717) is 25.7 Å². The SMILES string of the molecule is BC12Bc3cc(-c4ccc(OCCOC)c5nn(C)cc45)cc(C4CC4)c3CN1C(=O)c1cccnc12. The van der Waals surface area contributed by atoms with Crippen molar-refractivity contribution in [1.82, 2.24) is 19.7 Å². The zero-order valence-corrected chi connectivity index (χ0v) is 21.5. The minimum atomic E-state index is -0.428. The minimum Gasteiger partial charge on any atom is -0.489 e. The van der Waals surface area contributed by atoms with Crippen molar-refractivity contribution in [3.05, 3.63) is 71.2 Å². The van der Waals surface area contributed by atoms with Crippen LogP contribution in [-0.2, 0) is 23.7 Å². The Labute approximate surface area is 217 Å². The molecule has 2 aliphatic heterocycles. The molecule has 1 fully saturated rings. The van der Waals surface area contributed by atoms with Crippen LogP contribution in [0.3, 0.4) is 0 Å². The zero-order valence-electron chi connectivity index (χ0n) is 21.5. The number of aryl methyl sites for hydroxylation is 1. The molecule has 1 amide bonds. The Balaban J connectivity index is 1.36. The van der Waals surface area contributed by atoms with E-state index in [9.17, 15) is 4.79 Å². The van der Waals surface area contributed by atoms with E-state index in [1.165, 1.54) is 35.0 Å². The Morgan fingerprint density at radius 2 is 2.05 bits per heavy atom. The molecule has 0 saturated heterocycles. The fourth-order valence-electron chi connectivity index (χ4n) is 6.28. The molecule has 2 aromatic carbocycles. The van der Waals surface area contributed by atoms with Crippen LogP contribution in [0.2, 0.25) is 0 Å². The Morgan fingerprint density at radius 1 is 1.19 bits per heavy atom. The lowest BCUT2D eigenvalue weighted by Crippen LogP contribution is -2.57. The van der Waals surface area contributed by atoms with Crippen LogP contribution < -0.4 is 10.2 Å². The summed E-state index contributed by atoms with van der Waals surface area (Å²) in [5, 5.41) is 5.37. The minimum absolute atomic E-state index is 0.100. The second-order valence-corrected chi connectivity index (χ2v) is 10.7. The number of ether oxygens (including phenoxy) is 2. The summed E-state index contributed by atoms with van der Waals surface area (Å²) in [4.78, 5) is 20.1. The van der Waals surface area contributed by atoms with Crippen molar-refractivity contribution in [1.29, 1.82) is 0 Å². The summed E-state index contributed by atoms with van der Waals surface area (Å²) in [6.45, 7) is 1.65. The van der Waals surface area contributed by atoms with Gasteiger partial charge < -0.3 is 14.4 Å². The van der Waals surface area contributed by atoms with Gasteiger partial charge in [-0.1, -0.05) is 17.6 Å². The first-order valence-corrected chi connectivity index (χ1v) is 13.0. The van der Waals surface area contributed by atoms with Gasteiger partial charge in [-0.05, 0) is 65.3 Å². The molecule has 184 valence electrons. The highest BCUT2D eigenvalue weighted by molar-refractivity contribution is 6.67.